The van der Waals surface area contributed by atoms with Gasteiger partial charge in [0.15, 0.2) is 0 Å². The molecule has 2 aromatic rings. The van der Waals surface area contributed by atoms with Crippen LogP contribution in [0.15, 0.2) is 30.3 Å². The van der Waals surface area contributed by atoms with Gasteiger partial charge < -0.3 is 19.9 Å². The Morgan fingerprint density at radius 3 is 2.46 bits per heavy atom. The number of nitrogens with zero attached hydrogens (tertiary/aromatic N) is 4. The standard InChI is InChI=1S/C25H28ClF4N5O4/c1-14-10-15(25(28,29)30)11-20(32-14)35-19(21(36)33(5)16-6-7-18(27)17(26)12-16)13-34(23(35)38)9-8-31-22(37)39-24(2,3)4/h6-7,10-12,19H,8-9,13H2,1-5H3,(H,31,37)/t19-/m0/s1. The lowest BCUT2D eigenvalue weighted by molar-refractivity contribution is -0.137. The minimum absolute atomic E-state index is 0.0115. The van der Waals surface area contributed by atoms with Gasteiger partial charge in [-0.3, -0.25) is 9.69 Å². The molecule has 212 valence electrons. The molecule has 1 saturated heterocycles. The number of alkyl carbamates (subject to hydrolysis) is 1. The van der Waals surface area contributed by atoms with Gasteiger partial charge >= 0.3 is 18.3 Å². The molecule has 1 aliphatic rings. The van der Waals surface area contributed by atoms with Crippen LogP contribution in [0.4, 0.5) is 38.7 Å². The number of aryl methyl sites for hydroxylation is 1. The number of halogens is 5. The van der Waals surface area contributed by atoms with Gasteiger partial charge in [0.25, 0.3) is 5.91 Å². The van der Waals surface area contributed by atoms with E-state index < -0.39 is 47.2 Å². The van der Waals surface area contributed by atoms with Gasteiger partial charge in [-0.25, -0.2) is 19.0 Å². The lowest BCUT2D eigenvalue weighted by atomic mass is 10.1. The van der Waals surface area contributed by atoms with E-state index in [-0.39, 0.29) is 41.9 Å². The Labute approximate surface area is 227 Å². The minimum atomic E-state index is -4.72. The molecule has 0 bridgehead atoms. The first-order chi connectivity index (χ1) is 18.0. The molecule has 9 nitrogen and oxygen atoms in total. The second kappa shape index (κ2) is 11.2. The molecule has 1 fully saturated rings. The first-order valence-electron chi connectivity index (χ1n) is 11.8. The molecule has 0 unspecified atom stereocenters. The quantitative estimate of drug-likeness (QED) is 0.491. The Bertz CT molecular complexity index is 1270. The number of hydrogen-bond acceptors (Lipinski definition) is 5. The van der Waals surface area contributed by atoms with Gasteiger partial charge in [0, 0.05) is 31.5 Å². The Morgan fingerprint density at radius 2 is 1.87 bits per heavy atom. The number of likely N-dealkylation sites (N-methyl/N-ethyl adjacent to an activating group) is 1. The molecular weight excluding hydrogens is 546 g/mol. The van der Waals surface area contributed by atoms with E-state index in [9.17, 15) is 31.9 Å². The van der Waals surface area contributed by atoms with Crippen molar-refractivity contribution in [1.29, 1.82) is 0 Å². The molecule has 0 saturated carbocycles. The Hall–Kier alpha value is -3.61. The van der Waals surface area contributed by atoms with E-state index in [0.717, 1.165) is 21.9 Å². The third-order valence-corrected chi connectivity index (χ3v) is 5.94. The fourth-order valence-corrected chi connectivity index (χ4v) is 4.05. The van der Waals surface area contributed by atoms with Crippen molar-refractivity contribution < 1.29 is 36.7 Å². The van der Waals surface area contributed by atoms with Crippen molar-refractivity contribution >= 4 is 41.1 Å². The predicted octanol–water partition coefficient (Wildman–Crippen LogP) is 5.00. The average molecular weight is 574 g/mol. The van der Waals surface area contributed by atoms with Crippen molar-refractivity contribution in [2.45, 2.75) is 45.5 Å². The highest BCUT2D eigenvalue weighted by molar-refractivity contribution is 6.31. The number of carbonyl (C=O) groups is 3. The smallest absolute Gasteiger partial charge is 0.416 e. The van der Waals surface area contributed by atoms with Gasteiger partial charge in [0.1, 0.15) is 23.3 Å². The molecule has 3 rings (SSSR count). The summed E-state index contributed by atoms with van der Waals surface area (Å²) in [7, 11) is 1.37. The maximum Gasteiger partial charge on any atom is 0.416 e. The van der Waals surface area contributed by atoms with E-state index in [1.807, 2.05) is 0 Å². The van der Waals surface area contributed by atoms with Crippen LogP contribution in [0.3, 0.4) is 0 Å². The molecule has 1 N–H and O–H groups in total. The van der Waals surface area contributed by atoms with Gasteiger partial charge in [-0.15, -0.1) is 0 Å². The number of hydrogen-bond donors (Lipinski definition) is 1. The molecule has 1 aromatic carbocycles. The average Bonchev–Trinajstić information content (AvgIpc) is 3.13. The lowest BCUT2D eigenvalue weighted by Crippen LogP contribution is -2.47. The van der Waals surface area contributed by atoms with Crippen LogP contribution in [-0.2, 0) is 15.7 Å². The van der Waals surface area contributed by atoms with Crippen LogP contribution in [0.25, 0.3) is 0 Å². The van der Waals surface area contributed by atoms with E-state index in [4.69, 9.17) is 16.3 Å². The summed E-state index contributed by atoms with van der Waals surface area (Å²) in [6.45, 7) is 6.05. The van der Waals surface area contributed by atoms with Crippen molar-refractivity contribution in [2.75, 3.05) is 36.5 Å². The van der Waals surface area contributed by atoms with Crippen LogP contribution in [0.2, 0.25) is 5.02 Å². The molecule has 1 aromatic heterocycles. The van der Waals surface area contributed by atoms with E-state index in [2.05, 4.69) is 10.3 Å². The van der Waals surface area contributed by atoms with Gasteiger partial charge in [-0.1, -0.05) is 11.6 Å². The van der Waals surface area contributed by atoms with Crippen LogP contribution in [-0.4, -0.2) is 66.2 Å². The molecule has 0 aliphatic carbocycles. The molecule has 1 aliphatic heterocycles. The van der Waals surface area contributed by atoms with Crippen molar-refractivity contribution in [1.82, 2.24) is 15.2 Å². The van der Waals surface area contributed by atoms with Crippen LogP contribution >= 0.6 is 11.6 Å². The SMILES string of the molecule is Cc1cc(C(F)(F)F)cc(N2C(=O)N(CCNC(=O)OC(C)(C)C)C[C@H]2C(=O)N(C)c2ccc(F)c(Cl)c2)n1. The molecule has 39 heavy (non-hydrogen) atoms. The van der Waals surface area contributed by atoms with E-state index in [1.165, 1.54) is 31.0 Å². The summed E-state index contributed by atoms with van der Waals surface area (Å²) in [5, 5.41) is 2.26. The number of urea groups is 1. The Kier molecular flexibility index (Phi) is 8.63. The zero-order valence-corrected chi connectivity index (χ0v) is 22.7. The summed E-state index contributed by atoms with van der Waals surface area (Å²) in [6.07, 6.45) is -5.44. The first kappa shape index (κ1) is 29.9. The van der Waals surface area contributed by atoms with Gasteiger partial charge in [-0.2, -0.15) is 13.2 Å². The highest BCUT2D eigenvalue weighted by atomic mass is 35.5. The number of nitrogens with one attached hydrogen (secondary N) is 1. The van der Waals surface area contributed by atoms with Crippen molar-refractivity contribution in [3.63, 3.8) is 0 Å². The van der Waals surface area contributed by atoms with Crippen LogP contribution < -0.4 is 15.1 Å². The summed E-state index contributed by atoms with van der Waals surface area (Å²) in [5.41, 5.74) is -1.59. The van der Waals surface area contributed by atoms with Gasteiger partial charge in [0.2, 0.25) is 0 Å². The molecule has 14 heteroatoms. The van der Waals surface area contributed by atoms with E-state index in [0.29, 0.717) is 6.07 Å². The second-order valence-corrected chi connectivity index (χ2v) is 10.3. The maximum atomic E-state index is 13.7. The van der Waals surface area contributed by atoms with Crippen LogP contribution in [0.1, 0.15) is 32.0 Å². The third-order valence-electron chi connectivity index (χ3n) is 5.65. The minimum Gasteiger partial charge on any atom is -0.444 e. The largest absolute Gasteiger partial charge is 0.444 e. The zero-order valence-electron chi connectivity index (χ0n) is 21.9. The predicted molar refractivity (Wildman–Crippen MR) is 136 cm³/mol. The van der Waals surface area contributed by atoms with E-state index in [1.54, 1.807) is 20.8 Å². The molecule has 1 atom stereocenters. The molecule has 4 amide bonds. The van der Waals surface area contributed by atoms with E-state index >= 15 is 0 Å². The maximum absolute atomic E-state index is 13.7. The third kappa shape index (κ3) is 7.28. The number of carbonyl (C=O) groups excluding carboxylic acids is 3. The lowest BCUT2D eigenvalue weighted by Gasteiger charge is -2.27. The molecule has 2 heterocycles. The number of pyridine rings is 1. The number of amides is 4. The topological polar surface area (TPSA) is 95.1 Å². The summed E-state index contributed by atoms with van der Waals surface area (Å²) in [4.78, 5) is 46.3. The summed E-state index contributed by atoms with van der Waals surface area (Å²) < 4.78 is 59.4. The Balaban J connectivity index is 1.92. The fraction of sp³-hybridized carbons (Fsp3) is 0.440. The van der Waals surface area contributed by atoms with Gasteiger partial charge in [0.05, 0.1) is 17.1 Å². The summed E-state index contributed by atoms with van der Waals surface area (Å²) in [6, 6.07) is 3.03. The summed E-state index contributed by atoms with van der Waals surface area (Å²) >= 11 is 5.85. The van der Waals surface area contributed by atoms with Crippen molar-refractivity contribution in [3.05, 3.63) is 52.4 Å². The van der Waals surface area contributed by atoms with Crippen LogP contribution in [0.5, 0.6) is 0 Å². The second-order valence-electron chi connectivity index (χ2n) is 9.89. The van der Waals surface area contributed by atoms with Crippen LogP contribution in [0, 0.1) is 12.7 Å². The fourth-order valence-electron chi connectivity index (χ4n) is 3.88. The number of alkyl halides is 3. The normalized spacial score (nSPS) is 15.9. The molecular formula is C25H28ClF4N5O4. The number of anilines is 2. The summed E-state index contributed by atoms with van der Waals surface area (Å²) in [5.74, 6) is -1.74. The van der Waals surface area contributed by atoms with Gasteiger partial charge in [-0.05, 0) is 58.0 Å². The number of benzene rings is 1. The van der Waals surface area contributed by atoms with Crippen molar-refractivity contribution in [2.24, 2.45) is 0 Å². The van der Waals surface area contributed by atoms with Crippen molar-refractivity contribution in [3.8, 4) is 0 Å². The number of rotatable bonds is 6. The first-order valence-corrected chi connectivity index (χ1v) is 12.2. The number of aromatic nitrogens is 1. The highest BCUT2D eigenvalue weighted by Gasteiger charge is 2.45. The Morgan fingerprint density at radius 1 is 1.21 bits per heavy atom. The molecule has 0 radical (unpaired) electrons. The monoisotopic (exact) mass is 573 g/mol. The zero-order chi connectivity index (χ0) is 29.3. The molecule has 0 spiro atoms. The highest BCUT2D eigenvalue weighted by Crippen LogP contribution is 2.34. The number of ether oxygens (including phenoxy) is 1.